The number of amides is 2. The van der Waals surface area contributed by atoms with Gasteiger partial charge < -0.3 is 20.1 Å². The molecule has 8 heteroatoms. The molecule has 3 rings (SSSR count). The Labute approximate surface area is 220 Å². The standard InChI is InChI=1S/C29H28N2O5S/c1-3-36-27(32)13-8-18-37-25-16-14-23(15-17-25)30-29(34)26(20-21-9-7-12-24(19-21)35-2)31-28(33)22-10-5-4-6-11-22/h4-17,19-20H,3,18H2,1-2H3,(H,30,34)(H,31,33)/b13-8+,26-20-. The first-order valence-electron chi connectivity index (χ1n) is 11.6. The minimum atomic E-state index is -0.468. The molecule has 190 valence electrons. The van der Waals surface area contributed by atoms with Crippen molar-refractivity contribution in [3.05, 3.63) is 108 Å². The molecule has 0 saturated heterocycles. The zero-order valence-corrected chi connectivity index (χ0v) is 21.4. The van der Waals surface area contributed by atoms with E-state index >= 15 is 0 Å². The van der Waals surface area contributed by atoms with Crippen molar-refractivity contribution >= 4 is 41.3 Å². The van der Waals surface area contributed by atoms with Crippen molar-refractivity contribution in [1.29, 1.82) is 0 Å². The molecule has 0 fully saturated rings. The van der Waals surface area contributed by atoms with Crippen LogP contribution >= 0.6 is 11.8 Å². The number of hydrogen-bond donors (Lipinski definition) is 2. The second-order valence-electron chi connectivity index (χ2n) is 7.60. The molecule has 0 aliphatic heterocycles. The molecule has 2 amide bonds. The van der Waals surface area contributed by atoms with Gasteiger partial charge in [0.05, 0.1) is 13.7 Å². The number of nitrogens with one attached hydrogen (secondary N) is 2. The summed E-state index contributed by atoms with van der Waals surface area (Å²) in [6, 6.07) is 23.1. The Bertz CT molecular complexity index is 1270. The highest BCUT2D eigenvalue weighted by molar-refractivity contribution is 7.99. The van der Waals surface area contributed by atoms with Gasteiger partial charge in [-0.15, -0.1) is 11.8 Å². The first-order valence-corrected chi connectivity index (χ1v) is 12.6. The maximum absolute atomic E-state index is 13.2. The van der Waals surface area contributed by atoms with Crippen LogP contribution in [-0.4, -0.2) is 37.3 Å². The lowest BCUT2D eigenvalue weighted by molar-refractivity contribution is -0.137. The van der Waals surface area contributed by atoms with Gasteiger partial charge in [-0.05, 0) is 67.1 Å². The minimum absolute atomic E-state index is 0.0876. The van der Waals surface area contributed by atoms with Crippen LogP contribution in [0.15, 0.2) is 102 Å². The van der Waals surface area contributed by atoms with Crippen molar-refractivity contribution in [1.82, 2.24) is 5.32 Å². The van der Waals surface area contributed by atoms with Gasteiger partial charge in [0.2, 0.25) is 0 Å². The van der Waals surface area contributed by atoms with Crippen LogP contribution < -0.4 is 15.4 Å². The van der Waals surface area contributed by atoms with E-state index in [1.807, 2.05) is 24.3 Å². The van der Waals surface area contributed by atoms with Gasteiger partial charge in [0, 0.05) is 28.0 Å². The number of rotatable bonds is 11. The predicted octanol–water partition coefficient (Wildman–Crippen LogP) is 5.32. The lowest BCUT2D eigenvalue weighted by atomic mass is 10.1. The molecule has 0 spiro atoms. The van der Waals surface area contributed by atoms with Gasteiger partial charge in [0.15, 0.2) is 0 Å². The summed E-state index contributed by atoms with van der Waals surface area (Å²) in [5.41, 5.74) is 1.79. The molecule has 0 saturated carbocycles. The lowest BCUT2D eigenvalue weighted by Gasteiger charge is -2.12. The van der Waals surface area contributed by atoms with E-state index in [2.05, 4.69) is 10.6 Å². The largest absolute Gasteiger partial charge is 0.497 e. The molecular weight excluding hydrogens is 488 g/mol. The fraction of sp³-hybridized carbons (Fsp3) is 0.138. The molecule has 0 aliphatic rings. The zero-order valence-electron chi connectivity index (χ0n) is 20.6. The topological polar surface area (TPSA) is 93.7 Å². The molecule has 0 aromatic heterocycles. The monoisotopic (exact) mass is 516 g/mol. The predicted molar refractivity (Wildman–Crippen MR) is 146 cm³/mol. The highest BCUT2D eigenvalue weighted by Gasteiger charge is 2.15. The maximum atomic E-state index is 13.2. The van der Waals surface area contributed by atoms with Crippen LogP contribution in [0.25, 0.3) is 6.08 Å². The molecule has 0 radical (unpaired) electrons. The van der Waals surface area contributed by atoms with Crippen LogP contribution in [-0.2, 0) is 14.3 Å². The minimum Gasteiger partial charge on any atom is -0.497 e. The van der Waals surface area contributed by atoms with Crippen molar-refractivity contribution < 1.29 is 23.9 Å². The first-order chi connectivity index (χ1) is 18.0. The Kier molecular flexibility index (Phi) is 10.6. The Morgan fingerprint density at radius 1 is 0.946 bits per heavy atom. The van der Waals surface area contributed by atoms with Crippen LogP contribution in [0.1, 0.15) is 22.8 Å². The molecule has 7 nitrogen and oxygen atoms in total. The van der Waals surface area contributed by atoms with Crippen LogP contribution in [0.3, 0.4) is 0 Å². The summed E-state index contributed by atoms with van der Waals surface area (Å²) < 4.78 is 10.1. The second kappa shape index (κ2) is 14.3. The molecule has 3 aromatic rings. The molecule has 0 aliphatic carbocycles. The van der Waals surface area contributed by atoms with E-state index in [1.165, 1.54) is 17.8 Å². The van der Waals surface area contributed by atoms with E-state index in [4.69, 9.17) is 9.47 Å². The molecule has 0 heterocycles. The number of ether oxygens (including phenoxy) is 2. The van der Waals surface area contributed by atoms with Gasteiger partial charge in [0.25, 0.3) is 11.8 Å². The highest BCUT2D eigenvalue weighted by atomic mass is 32.2. The van der Waals surface area contributed by atoms with Crippen LogP contribution in [0, 0.1) is 0 Å². The number of anilines is 1. The number of methoxy groups -OCH3 is 1. The molecule has 0 atom stereocenters. The van der Waals surface area contributed by atoms with Crippen LogP contribution in [0.5, 0.6) is 5.75 Å². The van der Waals surface area contributed by atoms with E-state index < -0.39 is 11.8 Å². The van der Waals surface area contributed by atoms with E-state index in [0.717, 1.165) is 4.90 Å². The van der Waals surface area contributed by atoms with Gasteiger partial charge in [-0.2, -0.15) is 0 Å². The number of esters is 1. The molecule has 37 heavy (non-hydrogen) atoms. The summed E-state index contributed by atoms with van der Waals surface area (Å²) in [4.78, 5) is 38.3. The average Bonchev–Trinajstić information content (AvgIpc) is 2.92. The summed E-state index contributed by atoms with van der Waals surface area (Å²) in [6.07, 6.45) is 4.74. The number of carbonyl (C=O) groups excluding carboxylic acids is 3. The van der Waals surface area contributed by atoms with Crippen LogP contribution in [0.2, 0.25) is 0 Å². The Morgan fingerprint density at radius 3 is 2.41 bits per heavy atom. The first kappa shape index (κ1) is 27.3. The van der Waals surface area contributed by atoms with Gasteiger partial charge in [-0.1, -0.05) is 36.4 Å². The Hall–Kier alpha value is -4.30. The van der Waals surface area contributed by atoms with Gasteiger partial charge >= 0.3 is 5.97 Å². The smallest absolute Gasteiger partial charge is 0.330 e. The van der Waals surface area contributed by atoms with Crippen molar-refractivity contribution in [2.24, 2.45) is 0 Å². The van der Waals surface area contributed by atoms with Crippen molar-refractivity contribution in [3.8, 4) is 5.75 Å². The lowest BCUT2D eigenvalue weighted by Crippen LogP contribution is -2.30. The zero-order chi connectivity index (χ0) is 26.5. The van der Waals surface area contributed by atoms with E-state index in [0.29, 0.717) is 34.9 Å². The number of benzene rings is 3. The second-order valence-corrected chi connectivity index (χ2v) is 8.69. The third-order valence-corrected chi connectivity index (χ3v) is 5.90. The van der Waals surface area contributed by atoms with Gasteiger partial charge in [-0.25, -0.2) is 4.79 Å². The van der Waals surface area contributed by atoms with E-state index in [9.17, 15) is 14.4 Å². The Morgan fingerprint density at radius 2 is 1.70 bits per heavy atom. The summed E-state index contributed by atoms with van der Waals surface area (Å²) in [5, 5.41) is 5.56. The molecule has 2 N–H and O–H groups in total. The summed E-state index contributed by atoms with van der Waals surface area (Å²) in [7, 11) is 1.56. The molecule has 3 aromatic carbocycles. The fourth-order valence-electron chi connectivity index (χ4n) is 3.15. The van der Waals surface area contributed by atoms with Crippen molar-refractivity contribution in [3.63, 3.8) is 0 Å². The number of carbonyl (C=O) groups is 3. The van der Waals surface area contributed by atoms with Crippen LogP contribution in [0.4, 0.5) is 5.69 Å². The quantitative estimate of drug-likeness (QED) is 0.204. The summed E-state index contributed by atoms with van der Waals surface area (Å²) in [6.45, 7) is 2.10. The summed E-state index contributed by atoms with van der Waals surface area (Å²) in [5.74, 6) is 0.00695. The average molecular weight is 517 g/mol. The van der Waals surface area contributed by atoms with E-state index in [-0.39, 0.29) is 11.7 Å². The number of thioether (sulfide) groups is 1. The fourth-order valence-corrected chi connectivity index (χ4v) is 3.87. The van der Waals surface area contributed by atoms with Crippen molar-refractivity contribution in [2.75, 3.05) is 24.8 Å². The molecule has 0 bridgehead atoms. The summed E-state index contributed by atoms with van der Waals surface area (Å²) >= 11 is 1.54. The maximum Gasteiger partial charge on any atom is 0.330 e. The third kappa shape index (κ3) is 9.01. The molecule has 0 unspecified atom stereocenters. The van der Waals surface area contributed by atoms with Crippen molar-refractivity contribution in [2.45, 2.75) is 11.8 Å². The third-order valence-electron chi connectivity index (χ3n) is 4.93. The SMILES string of the molecule is CCOC(=O)/C=C/CSc1ccc(NC(=O)/C(=C/c2cccc(OC)c2)NC(=O)c2ccccc2)cc1. The number of hydrogen-bond acceptors (Lipinski definition) is 6. The van der Waals surface area contributed by atoms with Gasteiger partial charge in [0.1, 0.15) is 11.4 Å². The Balaban J connectivity index is 1.71. The van der Waals surface area contributed by atoms with Gasteiger partial charge in [-0.3, -0.25) is 9.59 Å². The van der Waals surface area contributed by atoms with E-state index in [1.54, 1.807) is 80.8 Å². The normalized spacial score (nSPS) is 11.1. The molecular formula is C29H28N2O5S. The highest BCUT2D eigenvalue weighted by Crippen LogP contribution is 2.21.